The van der Waals surface area contributed by atoms with E-state index in [4.69, 9.17) is 0 Å². The number of methoxy groups -OCH3 is 1. The number of hydrogen-bond acceptors (Lipinski definition) is 4. The summed E-state index contributed by atoms with van der Waals surface area (Å²) in [6.45, 7) is 4.42. The van der Waals surface area contributed by atoms with E-state index >= 15 is 0 Å². The second kappa shape index (κ2) is 7.63. The molecule has 0 aliphatic carbocycles. The molecular formula is C12H24N2O2. The van der Waals surface area contributed by atoms with Gasteiger partial charge in [0, 0.05) is 13.0 Å². The molecule has 1 aliphatic heterocycles. The molecule has 4 heteroatoms. The highest BCUT2D eigenvalue weighted by molar-refractivity contribution is 5.69. The fraction of sp³-hybridized carbons (Fsp3) is 0.917. The average Bonchev–Trinajstić information content (AvgIpc) is 2.30. The number of carbonyl (C=O) groups excluding carboxylic acids is 1. The maximum Gasteiger partial charge on any atom is 0.305 e. The Hall–Kier alpha value is -0.610. The van der Waals surface area contributed by atoms with E-state index in [0.29, 0.717) is 6.42 Å². The van der Waals surface area contributed by atoms with E-state index in [9.17, 15) is 4.79 Å². The largest absolute Gasteiger partial charge is 0.469 e. The lowest BCUT2D eigenvalue weighted by molar-refractivity contribution is -0.140. The van der Waals surface area contributed by atoms with Crippen LogP contribution in [-0.2, 0) is 9.53 Å². The van der Waals surface area contributed by atoms with Crippen molar-refractivity contribution < 1.29 is 9.53 Å². The van der Waals surface area contributed by atoms with Gasteiger partial charge in [-0.3, -0.25) is 4.79 Å². The molecule has 0 aromatic rings. The second-order valence-electron chi connectivity index (χ2n) is 4.65. The van der Waals surface area contributed by atoms with Crippen molar-refractivity contribution in [1.29, 1.82) is 0 Å². The minimum Gasteiger partial charge on any atom is -0.469 e. The summed E-state index contributed by atoms with van der Waals surface area (Å²) in [5, 5.41) is 3.42. The average molecular weight is 228 g/mol. The summed E-state index contributed by atoms with van der Waals surface area (Å²) in [5.41, 5.74) is 0. The highest BCUT2D eigenvalue weighted by Gasteiger charge is 2.14. The maximum absolute atomic E-state index is 10.9. The fourth-order valence-electron chi connectivity index (χ4n) is 2.21. The Balaban J connectivity index is 2.05. The zero-order valence-corrected chi connectivity index (χ0v) is 10.5. The molecule has 1 heterocycles. The summed E-state index contributed by atoms with van der Waals surface area (Å²) in [4.78, 5) is 13.3. The first-order valence-electron chi connectivity index (χ1n) is 6.18. The third-order valence-corrected chi connectivity index (χ3v) is 3.12. The lowest BCUT2D eigenvalue weighted by Crippen LogP contribution is -2.37. The maximum atomic E-state index is 10.9. The van der Waals surface area contributed by atoms with Crippen LogP contribution in [0, 0.1) is 5.92 Å². The second-order valence-corrected chi connectivity index (χ2v) is 4.65. The van der Waals surface area contributed by atoms with Crippen LogP contribution in [0.1, 0.15) is 25.7 Å². The smallest absolute Gasteiger partial charge is 0.305 e. The summed E-state index contributed by atoms with van der Waals surface area (Å²) in [5.74, 6) is 0.671. The van der Waals surface area contributed by atoms with Crippen molar-refractivity contribution in [3.63, 3.8) is 0 Å². The molecule has 1 N–H and O–H groups in total. The number of ether oxygens (including phenoxy) is 1. The molecule has 94 valence electrons. The zero-order valence-electron chi connectivity index (χ0n) is 10.5. The van der Waals surface area contributed by atoms with Crippen LogP contribution < -0.4 is 5.32 Å². The van der Waals surface area contributed by atoms with Gasteiger partial charge in [-0.05, 0) is 51.9 Å². The molecule has 0 bridgehead atoms. The minimum absolute atomic E-state index is 0.104. The highest BCUT2D eigenvalue weighted by Crippen LogP contribution is 2.11. The van der Waals surface area contributed by atoms with Gasteiger partial charge in [0.25, 0.3) is 0 Å². The van der Waals surface area contributed by atoms with E-state index in [2.05, 4.69) is 22.0 Å². The van der Waals surface area contributed by atoms with Gasteiger partial charge in [-0.2, -0.15) is 0 Å². The number of piperidine rings is 1. The van der Waals surface area contributed by atoms with E-state index in [1.807, 2.05) is 0 Å². The van der Waals surface area contributed by atoms with Gasteiger partial charge in [0.05, 0.1) is 7.11 Å². The molecule has 0 radical (unpaired) electrons. The van der Waals surface area contributed by atoms with Crippen LogP contribution in [0.5, 0.6) is 0 Å². The van der Waals surface area contributed by atoms with Crippen LogP contribution in [-0.4, -0.2) is 51.2 Å². The number of nitrogens with one attached hydrogen (secondary N) is 1. The standard InChI is InChI=1S/C12H24N2O2/c1-14(8-4-6-12(15)16-2)10-11-5-3-7-13-9-11/h11,13H,3-10H2,1-2H3. The number of rotatable bonds is 6. The fourth-order valence-corrected chi connectivity index (χ4v) is 2.21. The van der Waals surface area contributed by atoms with E-state index in [0.717, 1.165) is 32.0 Å². The molecule has 1 fully saturated rings. The Kier molecular flexibility index (Phi) is 6.42. The molecule has 1 saturated heterocycles. The summed E-state index contributed by atoms with van der Waals surface area (Å²) in [6.07, 6.45) is 4.04. The Morgan fingerprint density at radius 1 is 1.56 bits per heavy atom. The normalized spacial score (nSPS) is 21.1. The van der Waals surface area contributed by atoms with E-state index in [-0.39, 0.29) is 5.97 Å². The number of hydrogen-bond donors (Lipinski definition) is 1. The first-order valence-corrected chi connectivity index (χ1v) is 6.18. The van der Waals surface area contributed by atoms with Crippen LogP contribution in [0.25, 0.3) is 0 Å². The van der Waals surface area contributed by atoms with Crippen LogP contribution in [0.2, 0.25) is 0 Å². The van der Waals surface area contributed by atoms with E-state index in [1.165, 1.54) is 26.5 Å². The molecule has 4 nitrogen and oxygen atoms in total. The molecule has 0 aromatic heterocycles. The van der Waals surface area contributed by atoms with Crippen LogP contribution in [0.3, 0.4) is 0 Å². The van der Waals surface area contributed by atoms with Gasteiger partial charge < -0.3 is 15.0 Å². The topological polar surface area (TPSA) is 41.6 Å². The van der Waals surface area contributed by atoms with Crippen molar-refractivity contribution >= 4 is 5.97 Å². The lowest BCUT2D eigenvalue weighted by atomic mass is 9.99. The predicted octanol–water partition coefficient (Wildman–Crippen LogP) is 0.871. The van der Waals surface area contributed by atoms with Gasteiger partial charge in [0.2, 0.25) is 0 Å². The first-order chi connectivity index (χ1) is 7.72. The lowest BCUT2D eigenvalue weighted by Gasteiger charge is -2.27. The van der Waals surface area contributed by atoms with E-state index < -0.39 is 0 Å². The van der Waals surface area contributed by atoms with Crippen molar-refractivity contribution in [1.82, 2.24) is 10.2 Å². The van der Waals surface area contributed by atoms with Gasteiger partial charge in [-0.1, -0.05) is 0 Å². The zero-order chi connectivity index (χ0) is 11.8. The van der Waals surface area contributed by atoms with E-state index in [1.54, 1.807) is 0 Å². The van der Waals surface area contributed by atoms with Crippen LogP contribution >= 0.6 is 0 Å². The third-order valence-electron chi connectivity index (χ3n) is 3.12. The summed E-state index contributed by atoms with van der Waals surface area (Å²) >= 11 is 0. The molecular weight excluding hydrogens is 204 g/mol. The Labute approximate surface area is 98.3 Å². The molecule has 16 heavy (non-hydrogen) atoms. The van der Waals surface area contributed by atoms with Crippen molar-refractivity contribution in [2.24, 2.45) is 5.92 Å². The monoisotopic (exact) mass is 228 g/mol. The highest BCUT2D eigenvalue weighted by atomic mass is 16.5. The summed E-state index contributed by atoms with van der Waals surface area (Å²) < 4.78 is 4.61. The van der Waals surface area contributed by atoms with Gasteiger partial charge in [-0.15, -0.1) is 0 Å². The molecule has 1 atom stereocenters. The summed E-state index contributed by atoms with van der Waals surface area (Å²) in [6, 6.07) is 0. The van der Waals surface area contributed by atoms with Gasteiger partial charge in [-0.25, -0.2) is 0 Å². The van der Waals surface area contributed by atoms with Gasteiger partial charge >= 0.3 is 5.97 Å². The third kappa shape index (κ3) is 5.47. The van der Waals surface area contributed by atoms with Crippen molar-refractivity contribution in [2.45, 2.75) is 25.7 Å². The Morgan fingerprint density at radius 3 is 3.00 bits per heavy atom. The SMILES string of the molecule is COC(=O)CCCN(C)CC1CCCNC1. The molecule has 1 unspecified atom stereocenters. The number of carbonyl (C=O) groups is 1. The first kappa shape index (κ1) is 13.5. The van der Waals surface area contributed by atoms with Crippen molar-refractivity contribution in [2.75, 3.05) is 40.3 Å². The number of nitrogens with zero attached hydrogens (tertiary/aromatic N) is 1. The van der Waals surface area contributed by atoms with Crippen molar-refractivity contribution in [3.8, 4) is 0 Å². The minimum atomic E-state index is -0.104. The van der Waals surface area contributed by atoms with Crippen LogP contribution in [0.4, 0.5) is 0 Å². The van der Waals surface area contributed by atoms with Crippen molar-refractivity contribution in [3.05, 3.63) is 0 Å². The number of esters is 1. The molecule has 1 rings (SSSR count). The van der Waals surface area contributed by atoms with Gasteiger partial charge in [0.15, 0.2) is 0 Å². The van der Waals surface area contributed by atoms with Crippen LogP contribution in [0.15, 0.2) is 0 Å². The Morgan fingerprint density at radius 2 is 2.38 bits per heavy atom. The molecule has 0 aromatic carbocycles. The molecule has 1 aliphatic rings. The molecule has 0 amide bonds. The molecule has 0 saturated carbocycles. The summed E-state index contributed by atoms with van der Waals surface area (Å²) in [7, 11) is 3.58. The quantitative estimate of drug-likeness (QED) is 0.685. The van der Waals surface area contributed by atoms with Gasteiger partial charge in [0.1, 0.15) is 0 Å². The predicted molar refractivity (Wildman–Crippen MR) is 64.3 cm³/mol. The molecule has 0 spiro atoms. The Bertz CT molecular complexity index is 203.